The molecule has 152 valence electrons. The number of carbonyl (C=O) groups excluding carboxylic acids is 1. The second-order valence-electron chi connectivity index (χ2n) is 5.93. The maximum atomic E-state index is 12.2. The van der Waals surface area contributed by atoms with Crippen LogP contribution in [0.5, 0.6) is 5.75 Å². The molecule has 0 aromatic heterocycles. The zero-order valence-electron chi connectivity index (χ0n) is 15.3. The first-order chi connectivity index (χ1) is 14.3. The van der Waals surface area contributed by atoms with E-state index in [9.17, 15) is 23.3 Å². The lowest BCUT2D eigenvalue weighted by atomic mass is 10.2. The van der Waals surface area contributed by atoms with Gasteiger partial charge in [-0.2, -0.15) is 13.5 Å². The van der Waals surface area contributed by atoms with E-state index in [1.807, 2.05) is 4.83 Å². The zero-order chi connectivity index (χ0) is 21.6. The Hall–Kier alpha value is -4.05. The fourth-order valence-electron chi connectivity index (χ4n) is 2.33. The van der Waals surface area contributed by atoms with Gasteiger partial charge in [-0.25, -0.2) is 9.63 Å². The van der Waals surface area contributed by atoms with E-state index in [0.29, 0.717) is 16.9 Å². The zero-order valence-corrected chi connectivity index (χ0v) is 16.2. The number of nitro groups is 1. The molecule has 30 heavy (non-hydrogen) atoms. The molecule has 0 unspecified atom stereocenters. The number of hydrogen-bond donors (Lipinski definition) is 1. The quantitative estimate of drug-likeness (QED) is 0.204. The van der Waals surface area contributed by atoms with Crippen LogP contribution in [0, 0.1) is 10.1 Å². The molecule has 3 aromatic rings. The van der Waals surface area contributed by atoms with Crippen LogP contribution < -0.4 is 9.57 Å². The van der Waals surface area contributed by atoms with Crippen molar-refractivity contribution in [2.24, 2.45) is 5.10 Å². The Kier molecular flexibility index (Phi) is 6.18. The number of nitrogens with zero attached hydrogens (tertiary/aromatic N) is 2. The number of hydrazone groups is 1. The van der Waals surface area contributed by atoms with Gasteiger partial charge in [-0.1, -0.05) is 18.2 Å². The number of benzene rings is 3. The van der Waals surface area contributed by atoms with E-state index in [1.165, 1.54) is 6.21 Å². The summed E-state index contributed by atoms with van der Waals surface area (Å²) < 4.78 is 29.6. The molecule has 0 aliphatic carbocycles. The van der Waals surface area contributed by atoms with Crippen LogP contribution in [0.1, 0.15) is 15.9 Å². The van der Waals surface area contributed by atoms with Crippen molar-refractivity contribution in [2.75, 3.05) is 0 Å². The molecule has 0 amide bonds. The summed E-state index contributed by atoms with van der Waals surface area (Å²) in [7, 11) is -3.97. The van der Waals surface area contributed by atoms with E-state index < -0.39 is 20.9 Å². The van der Waals surface area contributed by atoms with E-state index in [4.69, 9.17) is 4.74 Å². The number of non-ortho nitro benzene ring substituents is 1. The number of nitrogens with one attached hydrogen (secondary N) is 1. The highest BCUT2D eigenvalue weighted by molar-refractivity contribution is 7.89. The third-order valence-electron chi connectivity index (χ3n) is 3.84. The fourth-order valence-corrected chi connectivity index (χ4v) is 3.12. The minimum Gasteiger partial charge on any atom is -0.423 e. The number of ether oxygens (including phenoxy) is 1. The highest BCUT2D eigenvalue weighted by Crippen LogP contribution is 2.16. The Morgan fingerprint density at radius 3 is 2.20 bits per heavy atom. The Labute approximate surface area is 171 Å². The van der Waals surface area contributed by atoms with Crippen LogP contribution in [0.25, 0.3) is 0 Å². The van der Waals surface area contributed by atoms with Crippen LogP contribution in [0.4, 0.5) is 5.69 Å². The summed E-state index contributed by atoms with van der Waals surface area (Å²) in [5.41, 5.74) is 0.759. The molecule has 0 heterocycles. The molecule has 0 fully saturated rings. The molecule has 0 radical (unpaired) electrons. The fraction of sp³-hybridized carbons (Fsp3) is 0. The summed E-state index contributed by atoms with van der Waals surface area (Å²) in [5.74, 6) is -0.166. The van der Waals surface area contributed by atoms with Gasteiger partial charge in [0, 0.05) is 12.1 Å². The normalized spacial score (nSPS) is 11.2. The lowest BCUT2D eigenvalue weighted by Crippen LogP contribution is -2.18. The molecule has 0 spiro atoms. The van der Waals surface area contributed by atoms with E-state index >= 15 is 0 Å². The van der Waals surface area contributed by atoms with Gasteiger partial charge >= 0.3 is 5.97 Å². The largest absolute Gasteiger partial charge is 0.423 e. The van der Waals surface area contributed by atoms with Crippen molar-refractivity contribution in [3.8, 4) is 5.75 Å². The number of nitro benzene ring substituents is 1. The molecule has 0 saturated heterocycles. The van der Waals surface area contributed by atoms with Gasteiger partial charge in [0.25, 0.3) is 15.7 Å². The second kappa shape index (κ2) is 8.97. The van der Waals surface area contributed by atoms with Gasteiger partial charge in [-0.15, -0.1) is 0 Å². The summed E-state index contributed by atoms with van der Waals surface area (Å²) in [5, 5.41) is 14.3. The van der Waals surface area contributed by atoms with Crippen LogP contribution in [0.15, 0.2) is 88.9 Å². The Bertz CT molecular complexity index is 1180. The molecule has 0 aliphatic rings. The van der Waals surface area contributed by atoms with Crippen molar-refractivity contribution in [1.29, 1.82) is 0 Å². The standard InChI is InChI=1S/C20H15N3O6S/c24-20(16-4-2-1-3-5-16)29-18-10-6-15(7-11-18)14-21-22-30(27,28)19-12-8-17(9-13-19)23(25)26/h1-14,22H/b21-14+. The minimum absolute atomic E-state index is 0.159. The molecule has 0 bridgehead atoms. The Balaban J connectivity index is 1.61. The highest BCUT2D eigenvalue weighted by atomic mass is 32.2. The van der Waals surface area contributed by atoms with E-state index in [1.54, 1.807) is 54.6 Å². The smallest absolute Gasteiger partial charge is 0.343 e. The SMILES string of the molecule is O=C(Oc1ccc(/C=N/NS(=O)(=O)c2ccc([N+](=O)[O-])cc2)cc1)c1ccccc1. The summed E-state index contributed by atoms with van der Waals surface area (Å²) in [6, 6.07) is 19.2. The number of sulfonamides is 1. The summed E-state index contributed by atoms with van der Waals surface area (Å²) in [6.45, 7) is 0. The maximum absolute atomic E-state index is 12.2. The monoisotopic (exact) mass is 425 g/mol. The van der Waals surface area contributed by atoms with Crippen molar-refractivity contribution in [3.63, 3.8) is 0 Å². The average Bonchev–Trinajstić information content (AvgIpc) is 2.75. The molecule has 0 saturated carbocycles. The Morgan fingerprint density at radius 2 is 1.60 bits per heavy atom. The van der Waals surface area contributed by atoms with Crippen LogP contribution >= 0.6 is 0 Å². The first-order valence-electron chi connectivity index (χ1n) is 8.52. The third-order valence-corrected chi connectivity index (χ3v) is 5.08. The van der Waals surface area contributed by atoms with Gasteiger partial charge in [0.2, 0.25) is 0 Å². The molecule has 3 aromatic carbocycles. The molecule has 9 nitrogen and oxygen atoms in total. The summed E-state index contributed by atoms with van der Waals surface area (Å²) in [6.07, 6.45) is 1.27. The van der Waals surface area contributed by atoms with Gasteiger partial charge in [-0.05, 0) is 54.1 Å². The number of esters is 1. The molecule has 3 rings (SSSR count). The van der Waals surface area contributed by atoms with Gasteiger partial charge < -0.3 is 4.74 Å². The first kappa shape index (κ1) is 20.7. The van der Waals surface area contributed by atoms with E-state index in [-0.39, 0.29) is 10.6 Å². The van der Waals surface area contributed by atoms with Gasteiger partial charge in [0.15, 0.2) is 0 Å². The number of rotatable bonds is 7. The number of carbonyl (C=O) groups is 1. The predicted octanol–water partition coefficient (Wildman–Crippen LogP) is 3.13. The lowest BCUT2D eigenvalue weighted by Gasteiger charge is -2.05. The summed E-state index contributed by atoms with van der Waals surface area (Å²) in [4.78, 5) is 23.9. The highest BCUT2D eigenvalue weighted by Gasteiger charge is 2.14. The lowest BCUT2D eigenvalue weighted by molar-refractivity contribution is -0.384. The van der Waals surface area contributed by atoms with Crippen molar-refractivity contribution in [3.05, 3.63) is 100 Å². The van der Waals surface area contributed by atoms with E-state index in [2.05, 4.69) is 5.10 Å². The molecular formula is C20H15N3O6S. The topological polar surface area (TPSA) is 128 Å². The van der Waals surface area contributed by atoms with Crippen LogP contribution in [0.2, 0.25) is 0 Å². The first-order valence-corrected chi connectivity index (χ1v) is 10.00. The van der Waals surface area contributed by atoms with Gasteiger partial charge in [-0.3, -0.25) is 10.1 Å². The van der Waals surface area contributed by atoms with Crippen molar-refractivity contribution >= 4 is 27.9 Å². The third kappa shape index (κ3) is 5.26. The maximum Gasteiger partial charge on any atom is 0.343 e. The van der Waals surface area contributed by atoms with Crippen LogP contribution in [-0.2, 0) is 10.0 Å². The van der Waals surface area contributed by atoms with E-state index in [0.717, 1.165) is 24.3 Å². The Morgan fingerprint density at radius 1 is 0.967 bits per heavy atom. The van der Waals surface area contributed by atoms with Crippen LogP contribution in [-0.4, -0.2) is 25.5 Å². The second-order valence-corrected chi connectivity index (χ2v) is 7.59. The molecule has 1 N–H and O–H groups in total. The van der Waals surface area contributed by atoms with Gasteiger partial charge in [0.1, 0.15) is 5.75 Å². The summed E-state index contributed by atoms with van der Waals surface area (Å²) >= 11 is 0. The van der Waals surface area contributed by atoms with Crippen molar-refractivity contribution < 1.29 is 22.9 Å². The van der Waals surface area contributed by atoms with Crippen molar-refractivity contribution in [1.82, 2.24) is 4.83 Å². The molecule has 10 heteroatoms. The van der Waals surface area contributed by atoms with Crippen molar-refractivity contribution in [2.45, 2.75) is 4.90 Å². The van der Waals surface area contributed by atoms with Crippen LogP contribution in [0.3, 0.4) is 0 Å². The predicted molar refractivity (Wildman–Crippen MR) is 109 cm³/mol. The minimum atomic E-state index is -3.97. The molecule has 0 aliphatic heterocycles. The molecular weight excluding hydrogens is 410 g/mol. The number of hydrogen-bond acceptors (Lipinski definition) is 7. The van der Waals surface area contributed by atoms with Gasteiger partial charge in [0.05, 0.1) is 21.6 Å². The molecule has 0 atom stereocenters. The average molecular weight is 425 g/mol.